The number of aromatic nitrogens is 2. The first kappa shape index (κ1) is 66.8. The first-order valence-corrected chi connectivity index (χ1v) is 37.4. The molecule has 0 radical (unpaired) electrons. The Labute approximate surface area is 620 Å². The van der Waals surface area contributed by atoms with E-state index in [1.807, 2.05) is 0 Å². The van der Waals surface area contributed by atoms with Gasteiger partial charge in [0.1, 0.15) is 6.07 Å². The first-order chi connectivity index (χ1) is 50.2. The number of rotatable bonds is 8. The molecule has 2 aliphatic rings. The van der Waals surface area contributed by atoms with Crippen molar-refractivity contribution in [2.24, 2.45) is 0 Å². The Bertz CT molecular complexity index is 5880. The molecule has 0 bridgehead atoms. The van der Waals surface area contributed by atoms with E-state index in [0.29, 0.717) is 5.56 Å². The molecule has 4 heterocycles. The van der Waals surface area contributed by atoms with Crippen molar-refractivity contribution in [1.82, 2.24) is 9.13 Å². The topological polar surface area (TPSA) is 40.1 Å². The summed E-state index contributed by atoms with van der Waals surface area (Å²) in [6.45, 7) is 34.6. The Kier molecular flexibility index (Phi) is 15.5. The van der Waals surface area contributed by atoms with E-state index in [2.05, 4.69) is 402 Å². The highest BCUT2D eigenvalue weighted by Gasteiger charge is 2.47. The fourth-order valence-corrected chi connectivity index (χ4v) is 16.7. The fraction of sp³-hybridized carbons (Fsp3) is 0.202. The third kappa shape index (κ3) is 11.1. The summed E-state index contributed by atoms with van der Waals surface area (Å²) in [6, 6.07) is 107. The van der Waals surface area contributed by atoms with Crippen molar-refractivity contribution >= 4 is 101 Å². The lowest BCUT2D eigenvalue weighted by atomic mass is 9.33. The molecule has 0 aliphatic carbocycles. The number of fused-ring (bicyclic) bond motifs is 10. The molecular weight excluding hydrogens is 1270 g/mol. The van der Waals surface area contributed by atoms with Crippen LogP contribution in [0.2, 0.25) is 0 Å². The minimum Gasteiger partial charge on any atom is -0.310 e. The maximum absolute atomic E-state index is 11.7. The normalized spacial score (nSPS) is 13.2. The molecule has 0 atom stereocenters. The number of nitrogens with zero attached hydrogens (tertiary/aromatic N) is 5. The van der Waals surface area contributed by atoms with Gasteiger partial charge in [0.2, 0.25) is 0 Å². The maximum Gasteiger partial charge on any atom is 0.252 e. The highest BCUT2D eigenvalue weighted by molar-refractivity contribution is 7.00. The lowest BCUT2D eigenvalue weighted by Gasteiger charge is -2.47. The van der Waals surface area contributed by atoms with Crippen molar-refractivity contribution in [2.75, 3.05) is 9.80 Å². The summed E-state index contributed by atoms with van der Waals surface area (Å²) in [5.74, 6) is 0. The molecule has 0 saturated heterocycles. The van der Waals surface area contributed by atoms with Gasteiger partial charge in [-0.25, -0.2) is 0 Å². The van der Waals surface area contributed by atoms with Gasteiger partial charge in [0.05, 0.1) is 39.0 Å². The molecule has 0 amide bonds. The van der Waals surface area contributed by atoms with Crippen LogP contribution in [0.4, 0.5) is 34.1 Å². The van der Waals surface area contributed by atoms with Gasteiger partial charge in [0, 0.05) is 77.9 Å². The highest BCUT2D eigenvalue weighted by atomic mass is 15.2. The molecular formula is C99H90BN5. The monoisotopic (exact) mass is 1360 g/mol. The molecule has 2 aliphatic heterocycles. The van der Waals surface area contributed by atoms with Crippen LogP contribution < -0.4 is 26.2 Å². The number of hydrogen-bond acceptors (Lipinski definition) is 3. The zero-order valence-corrected chi connectivity index (χ0v) is 63.3. The molecule has 514 valence electrons. The number of benzene rings is 13. The Morgan fingerprint density at radius 2 is 0.667 bits per heavy atom. The zero-order chi connectivity index (χ0) is 73.0. The predicted octanol–water partition coefficient (Wildman–Crippen LogP) is 25.0. The van der Waals surface area contributed by atoms with E-state index in [0.717, 1.165) is 134 Å². The predicted molar refractivity (Wildman–Crippen MR) is 449 cm³/mol. The maximum atomic E-state index is 11.7. The summed E-state index contributed by atoms with van der Waals surface area (Å²) in [4.78, 5) is 5.40. The Hall–Kier alpha value is -11.4. The van der Waals surface area contributed by atoms with E-state index < -0.39 is 0 Å². The van der Waals surface area contributed by atoms with Crippen LogP contribution in [-0.4, -0.2) is 15.8 Å². The van der Waals surface area contributed by atoms with E-state index in [1.165, 1.54) is 44.0 Å². The molecule has 105 heavy (non-hydrogen) atoms. The van der Waals surface area contributed by atoms with Crippen LogP contribution in [0.15, 0.2) is 273 Å². The molecule has 17 rings (SSSR count). The summed E-state index contributed by atoms with van der Waals surface area (Å²) in [7, 11) is 0. The second kappa shape index (κ2) is 24.4. The van der Waals surface area contributed by atoms with Gasteiger partial charge in [0.25, 0.3) is 6.71 Å². The lowest BCUT2D eigenvalue weighted by Crippen LogP contribution is -2.61. The largest absolute Gasteiger partial charge is 0.310 e. The van der Waals surface area contributed by atoms with Gasteiger partial charge in [-0.05, 0) is 197 Å². The van der Waals surface area contributed by atoms with Gasteiger partial charge >= 0.3 is 0 Å². The molecule has 0 unspecified atom stereocenters. The summed E-state index contributed by atoms with van der Waals surface area (Å²) in [5, 5.41) is 16.3. The van der Waals surface area contributed by atoms with E-state index >= 15 is 0 Å². The number of para-hydroxylation sites is 2. The molecule has 5 nitrogen and oxygen atoms in total. The molecule has 0 N–H and O–H groups in total. The third-order valence-corrected chi connectivity index (χ3v) is 22.5. The Morgan fingerprint density at radius 3 is 1.11 bits per heavy atom. The van der Waals surface area contributed by atoms with E-state index in [9.17, 15) is 5.26 Å². The quantitative estimate of drug-likeness (QED) is 0.142. The average molecular weight is 1360 g/mol. The standard InChI is InChI=1S/C99H90BN5/c1-95(2,3)67-44-48-86-80(51-67)81-56-68(96(4,5)6)50-66(61-101)92(81)103(86)72-46-49-87-83(59-72)100-82-47-45-73(102-84-42-30-28-40-74(84)75-41-29-31-43-85(75)102)60-88(82)105(94-78(64-36-24-18-25-37-64)54-70(98(10,11)12)55-79(94)65-38-26-19-27-39-65)90-58-71(99(13,14)15)57-89(91(90)100)104(87)93-76(62-32-20-16-21-33-62)52-69(97(7,8)9)53-77(93)63-34-22-17-23-35-63/h16-60H,1-15H3. The molecule has 6 heteroatoms. The van der Waals surface area contributed by atoms with Crippen LogP contribution in [0.5, 0.6) is 0 Å². The minimum atomic E-state index is -0.344. The van der Waals surface area contributed by atoms with E-state index in [4.69, 9.17) is 0 Å². The molecule has 13 aromatic carbocycles. The van der Waals surface area contributed by atoms with Crippen LogP contribution in [0.1, 0.15) is 137 Å². The third-order valence-electron chi connectivity index (χ3n) is 22.5. The summed E-state index contributed by atoms with van der Waals surface area (Å²) in [6.07, 6.45) is 0. The van der Waals surface area contributed by atoms with Crippen molar-refractivity contribution in [1.29, 1.82) is 5.26 Å². The Balaban J connectivity index is 1.08. The van der Waals surface area contributed by atoms with Gasteiger partial charge < -0.3 is 18.9 Å². The Morgan fingerprint density at radius 1 is 0.286 bits per heavy atom. The van der Waals surface area contributed by atoms with Crippen LogP contribution in [0, 0.1) is 11.3 Å². The van der Waals surface area contributed by atoms with Gasteiger partial charge in [-0.3, -0.25) is 0 Å². The molecule has 2 aromatic heterocycles. The second-order valence-corrected chi connectivity index (χ2v) is 34.5. The van der Waals surface area contributed by atoms with E-state index in [1.54, 1.807) is 0 Å². The molecule has 0 saturated carbocycles. The molecule has 0 spiro atoms. The van der Waals surface area contributed by atoms with Gasteiger partial charge in [-0.15, -0.1) is 0 Å². The van der Waals surface area contributed by atoms with Crippen LogP contribution >= 0.6 is 0 Å². The van der Waals surface area contributed by atoms with Crippen LogP contribution in [0.25, 0.3) is 99.5 Å². The molecule has 0 fully saturated rings. The van der Waals surface area contributed by atoms with Gasteiger partial charge in [0.15, 0.2) is 0 Å². The number of anilines is 6. The van der Waals surface area contributed by atoms with Crippen molar-refractivity contribution < 1.29 is 0 Å². The van der Waals surface area contributed by atoms with Crippen molar-refractivity contribution in [3.63, 3.8) is 0 Å². The zero-order valence-electron chi connectivity index (χ0n) is 63.3. The smallest absolute Gasteiger partial charge is 0.252 e. The second-order valence-electron chi connectivity index (χ2n) is 34.5. The van der Waals surface area contributed by atoms with Crippen molar-refractivity contribution in [3.05, 3.63) is 306 Å². The first-order valence-electron chi connectivity index (χ1n) is 37.4. The van der Waals surface area contributed by atoms with Crippen molar-refractivity contribution in [2.45, 2.75) is 131 Å². The van der Waals surface area contributed by atoms with Crippen LogP contribution in [-0.2, 0) is 27.1 Å². The average Bonchev–Trinajstić information content (AvgIpc) is 1.08. The summed E-state index contributed by atoms with van der Waals surface area (Å²) in [5.41, 5.74) is 31.4. The summed E-state index contributed by atoms with van der Waals surface area (Å²) >= 11 is 0. The fourth-order valence-electron chi connectivity index (χ4n) is 16.7. The van der Waals surface area contributed by atoms with Gasteiger partial charge in [-0.1, -0.05) is 274 Å². The summed E-state index contributed by atoms with van der Waals surface area (Å²) < 4.78 is 4.91. The number of hydrogen-bond donors (Lipinski definition) is 0. The van der Waals surface area contributed by atoms with Crippen LogP contribution in [0.3, 0.4) is 0 Å². The lowest BCUT2D eigenvalue weighted by molar-refractivity contribution is 0.590. The highest BCUT2D eigenvalue weighted by Crippen LogP contribution is 2.56. The van der Waals surface area contributed by atoms with Gasteiger partial charge in [-0.2, -0.15) is 5.26 Å². The minimum absolute atomic E-state index is 0.125. The molecule has 15 aromatic rings. The number of nitriles is 1. The SMILES string of the molecule is CC(C)(C)c1cc(-c2ccccc2)c(N2c3ccc(-n4c5ccc(C(C)(C)C)cc5c5cc(C(C)(C)C)cc(C#N)c54)cc3B3c4ccc(-n5c6ccccc6c6ccccc65)cc4N(c4c(-c5ccccc5)cc(C(C)(C)C)cc4-c4ccccc4)c4cc(C(C)(C)C)cc2c43)c(-c2ccccc2)c1. The van der Waals surface area contributed by atoms with Crippen molar-refractivity contribution in [3.8, 4) is 62.0 Å². The van der Waals surface area contributed by atoms with E-state index in [-0.39, 0.29) is 33.8 Å².